The third-order valence-electron chi connectivity index (χ3n) is 6.63. The number of fused-ring (bicyclic) bond motifs is 1. The topological polar surface area (TPSA) is 72.9 Å². The van der Waals surface area contributed by atoms with Crippen molar-refractivity contribution in [3.63, 3.8) is 0 Å². The van der Waals surface area contributed by atoms with Crippen LogP contribution in [0, 0.1) is 11.6 Å². The van der Waals surface area contributed by atoms with Crippen molar-refractivity contribution in [2.45, 2.75) is 18.0 Å². The van der Waals surface area contributed by atoms with E-state index in [9.17, 15) is 23.5 Å². The molecule has 0 unspecified atom stereocenters. The number of carbonyl (C=O) groups excluding carboxylic acids is 2. The molecule has 0 bridgehead atoms. The molecular weight excluding hydrogens is 440 g/mol. The van der Waals surface area contributed by atoms with E-state index in [0.717, 1.165) is 16.7 Å². The Morgan fingerprint density at radius 3 is 2.26 bits per heavy atom. The number of aliphatic hydroxyl groups excluding tert-OH is 1. The van der Waals surface area contributed by atoms with Crippen molar-refractivity contribution in [3.8, 4) is 11.1 Å². The van der Waals surface area contributed by atoms with Gasteiger partial charge in [0.2, 0.25) is 5.91 Å². The summed E-state index contributed by atoms with van der Waals surface area (Å²) in [7, 11) is 0. The van der Waals surface area contributed by atoms with E-state index in [1.165, 1.54) is 35.2 Å². The first-order chi connectivity index (χ1) is 16.5. The number of nitrogens with one attached hydrogen (secondary N) is 1. The number of hydrogen-bond donors (Lipinski definition) is 2. The van der Waals surface area contributed by atoms with Gasteiger partial charge in [0.1, 0.15) is 18.2 Å². The van der Waals surface area contributed by atoms with E-state index < -0.39 is 11.8 Å². The smallest absolute Gasteiger partial charge is 0.322 e. The fourth-order valence-corrected chi connectivity index (χ4v) is 4.95. The van der Waals surface area contributed by atoms with Gasteiger partial charge in [-0.05, 0) is 41.0 Å². The lowest BCUT2D eigenvalue weighted by molar-refractivity contribution is -0.159. The number of halogens is 2. The average molecular weight is 463 g/mol. The standard InChI is InChI=1S/C26H23F2N3O3/c27-19-11-9-17(10-12-19)16-5-7-18(8-6-16)25-22-13-30(14-24(33)31(22)23(25)15-32)26(34)29-21-4-2-1-3-20(21)28/h1-12,22-23,25,32H,13-15H2,(H,29,34)/t22-,23-,25-/m0/s1. The van der Waals surface area contributed by atoms with Crippen molar-refractivity contribution < 1.29 is 23.5 Å². The highest BCUT2D eigenvalue weighted by Crippen LogP contribution is 2.43. The molecule has 5 rings (SSSR count). The first-order valence-electron chi connectivity index (χ1n) is 11.0. The monoisotopic (exact) mass is 463 g/mol. The average Bonchev–Trinajstić information content (AvgIpc) is 2.82. The molecule has 2 fully saturated rings. The molecular formula is C26H23F2N3O3. The number of hydrogen-bond acceptors (Lipinski definition) is 3. The summed E-state index contributed by atoms with van der Waals surface area (Å²) in [5, 5.41) is 12.5. The number of carbonyl (C=O) groups is 2. The third kappa shape index (κ3) is 3.90. The normalized spacial score (nSPS) is 21.6. The van der Waals surface area contributed by atoms with Gasteiger partial charge in [-0.3, -0.25) is 4.79 Å². The molecule has 2 heterocycles. The minimum atomic E-state index is -0.552. The largest absolute Gasteiger partial charge is 0.394 e. The summed E-state index contributed by atoms with van der Waals surface area (Å²) in [5.74, 6) is -1.26. The van der Waals surface area contributed by atoms with E-state index >= 15 is 0 Å². The molecule has 3 aromatic carbocycles. The number of rotatable bonds is 4. The maximum atomic E-state index is 13.9. The Morgan fingerprint density at radius 1 is 0.971 bits per heavy atom. The highest BCUT2D eigenvalue weighted by Gasteiger charge is 2.54. The van der Waals surface area contributed by atoms with Gasteiger partial charge in [0.15, 0.2) is 0 Å². The number of para-hydroxylation sites is 1. The molecule has 3 aromatic rings. The van der Waals surface area contributed by atoms with Gasteiger partial charge >= 0.3 is 6.03 Å². The molecule has 174 valence electrons. The molecule has 8 heteroatoms. The maximum Gasteiger partial charge on any atom is 0.322 e. The van der Waals surface area contributed by atoms with Crippen LogP contribution in [0.1, 0.15) is 11.5 Å². The van der Waals surface area contributed by atoms with Gasteiger partial charge in [-0.2, -0.15) is 0 Å². The summed E-state index contributed by atoms with van der Waals surface area (Å²) in [6.07, 6.45) is 0. The van der Waals surface area contributed by atoms with E-state index in [0.29, 0.717) is 0 Å². The summed E-state index contributed by atoms with van der Waals surface area (Å²) in [6.45, 7) is -0.0511. The van der Waals surface area contributed by atoms with Gasteiger partial charge in [-0.1, -0.05) is 48.5 Å². The summed E-state index contributed by atoms with van der Waals surface area (Å²) >= 11 is 0. The van der Waals surface area contributed by atoms with Crippen molar-refractivity contribution >= 4 is 17.6 Å². The number of aliphatic hydroxyl groups is 1. The van der Waals surface area contributed by atoms with Crippen LogP contribution in [0.3, 0.4) is 0 Å². The highest BCUT2D eigenvalue weighted by atomic mass is 19.1. The Bertz CT molecular complexity index is 1220. The van der Waals surface area contributed by atoms with Gasteiger partial charge in [0, 0.05) is 12.5 Å². The van der Waals surface area contributed by atoms with E-state index in [1.54, 1.807) is 23.1 Å². The van der Waals surface area contributed by atoms with Crippen LogP contribution in [-0.4, -0.2) is 58.6 Å². The van der Waals surface area contributed by atoms with E-state index in [4.69, 9.17) is 0 Å². The fraction of sp³-hybridized carbons (Fsp3) is 0.231. The Morgan fingerprint density at radius 2 is 1.62 bits per heavy atom. The van der Waals surface area contributed by atoms with Gasteiger partial charge < -0.3 is 20.2 Å². The molecule has 2 aliphatic rings. The summed E-state index contributed by atoms with van der Waals surface area (Å²) < 4.78 is 27.2. The van der Waals surface area contributed by atoms with Crippen LogP contribution in [0.2, 0.25) is 0 Å². The lowest BCUT2D eigenvalue weighted by atomic mass is 9.73. The molecule has 2 aliphatic heterocycles. The second-order valence-corrected chi connectivity index (χ2v) is 8.56. The molecule has 0 spiro atoms. The Hall–Kier alpha value is -3.78. The van der Waals surface area contributed by atoms with Crippen LogP contribution in [0.5, 0.6) is 0 Å². The van der Waals surface area contributed by atoms with Crippen molar-refractivity contribution in [1.29, 1.82) is 0 Å². The molecule has 3 amide bonds. The lowest BCUT2D eigenvalue weighted by Gasteiger charge is -2.58. The van der Waals surface area contributed by atoms with E-state index in [2.05, 4.69) is 5.32 Å². The van der Waals surface area contributed by atoms with Crippen molar-refractivity contribution in [1.82, 2.24) is 9.80 Å². The summed E-state index contributed by atoms with van der Waals surface area (Å²) in [4.78, 5) is 28.6. The number of piperazine rings is 1. The molecule has 2 N–H and O–H groups in total. The molecule has 6 nitrogen and oxygen atoms in total. The second kappa shape index (κ2) is 8.87. The molecule has 0 radical (unpaired) electrons. The van der Waals surface area contributed by atoms with Gasteiger partial charge in [0.25, 0.3) is 0 Å². The quantitative estimate of drug-likeness (QED) is 0.618. The molecule has 0 saturated carbocycles. The minimum Gasteiger partial charge on any atom is -0.394 e. The van der Waals surface area contributed by atoms with Gasteiger partial charge in [-0.25, -0.2) is 13.6 Å². The predicted molar refractivity (Wildman–Crippen MR) is 123 cm³/mol. The van der Waals surface area contributed by atoms with Crippen LogP contribution < -0.4 is 5.32 Å². The van der Waals surface area contributed by atoms with Crippen LogP contribution >= 0.6 is 0 Å². The van der Waals surface area contributed by atoms with E-state index in [-0.39, 0.29) is 55.1 Å². The van der Waals surface area contributed by atoms with Crippen molar-refractivity contribution in [2.75, 3.05) is 25.0 Å². The molecule has 2 saturated heterocycles. The zero-order valence-corrected chi connectivity index (χ0v) is 18.2. The molecule has 34 heavy (non-hydrogen) atoms. The first-order valence-corrected chi connectivity index (χ1v) is 11.0. The summed E-state index contributed by atoms with van der Waals surface area (Å²) in [5.41, 5.74) is 2.80. The first kappa shape index (κ1) is 22.0. The number of amides is 3. The van der Waals surface area contributed by atoms with Crippen LogP contribution in [0.4, 0.5) is 19.3 Å². The molecule has 0 aromatic heterocycles. The summed E-state index contributed by atoms with van der Waals surface area (Å²) in [6, 6.07) is 18.6. The second-order valence-electron chi connectivity index (χ2n) is 8.56. The number of urea groups is 1. The van der Waals surface area contributed by atoms with Crippen LogP contribution in [-0.2, 0) is 4.79 Å². The van der Waals surface area contributed by atoms with Gasteiger partial charge in [-0.15, -0.1) is 0 Å². The van der Waals surface area contributed by atoms with Crippen molar-refractivity contribution in [3.05, 3.63) is 90.0 Å². The third-order valence-corrected chi connectivity index (χ3v) is 6.63. The van der Waals surface area contributed by atoms with Crippen LogP contribution in [0.25, 0.3) is 11.1 Å². The minimum absolute atomic E-state index is 0.0529. The Labute approximate surface area is 195 Å². The molecule has 3 atom stereocenters. The highest BCUT2D eigenvalue weighted by molar-refractivity contribution is 5.94. The lowest BCUT2D eigenvalue weighted by Crippen LogP contribution is -2.73. The van der Waals surface area contributed by atoms with Gasteiger partial charge in [0.05, 0.1) is 24.4 Å². The van der Waals surface area contributed by atoms with Crippen molar-refractivity contribution in [2.24, 2.45) is 0 Å². The number of anilines is 1. The predicted octanol–water partition coefficient (Wildman–Crippen LogP) is 3.83. The Kier molecular flexibility index (Phi) is 5.75. The molecule has 0 aliphatic carbocycles. The zero-order chi connectivity index (χ0) is 23.8. The fourth-order valence-electron chi connectivity index (χ4n) is 4.95. The SMILES string of the molecule is O=C(Nc1ccccc1F)N1CC(=O)N2[C@@H](CO)[C@@H](c3ccc(-c4ccc(F)cc4)cc3)[C@@H]2C1. The maximum absolute atomic E-state index is 13.9. The number of benzene rings is 3. The van der Waals surface area contributed by atoms with E-state index in [1.807, 2.05) is 24.3 Å². The van der Waals surface area contributed by atoms with Crippen LogP contribution in [0.15, 0.2) is 72.8 Å². The number of nitrogens with zero attached hydrogens (tertiary/aromatic N) is 2. The Balaban J connectivity index is 1.34. The zero-order valence-electron chi connectivity index (χ0n) is 18.2.